The van der Waals surface area contributed by atoms with Crippen LogP contribution in [0.2, 0.25) is 0 Å². The summed E-state index contributed by atoms with van der Waals surface area (Å²) >= 11 is 0. The molecule has 1 saturated heterocycles. The Labute approximate surface area is 97.0 Å². The summed E-state index contributed by atoms with van der Waals surface area (Å²) in [5, 5.41) is 7.64. The van der Waals surface area contributed by atoms with Gasteiger partial charge in [0, 0.05) is 6.07 Å². The van der Waals surface area contributed by atoms with Crippen molar-refractivity contribution in [3.8, 4) is 5.88 Å². The van der Waals surface area contributed by atoms with Crippen molar-refractivity contribution in [2.24, 2.45) is 0 Å². The molecule has 0 saturated carbocycles. The van der Waals surface area contributed by atoms with Crippen LogP contribution >= 0.6 is 0 Å². The zero-order chi connectivity index (χ0) is 11.6. The highest BCUT2D eigenvalue weighted by Crippen LogP contribution is 2.27. The van der Waals surface area contributed by atoms with Crippen molar-refractivity contribution in [1.82, 2.24) is 15.1 Å². The fourth-order valence-corrected chi connectivity index (χ4v) is 2.08. The molecule has 0 radical (unpaired) electrons. The van der Waals surface area contributed by atoms with Gasteiger partial charge in [-0.2, -0.15) is 5.10 Å². The number of rotatable bonds is 3. The summed E-state index contributed by atoms with van der Waals surface area (Å²) in [5.74, 6) is 0.888. The van der Waals surface area contributed by atoms with Crippen molar-refractivity contribution in [3.63, 3.8) is 0 Å². The first-order valence-electron chi connectivity index (χ1n) is 6.04. The number of nitrogens with zero attached hydrogens (tertiary/aromatic N) is 2. The van der Waals surface area contributed by atoms with Crippen LogP contribution in [0.25, 0.3) is 0 Å². The van der Waals surface area contributed by atoms with Crippen LogP contribution in [-0.4, -0.2) is 28.5 Å². The van der Waals surface area contributed by atoms with E-state index in [4.69, 9.17) is 4.74 Å². The second kappa shape index (κ2) is 4.45. The van der Waals surface area contributed by atoms with Gasteiger partial charge in [0.2, 0.25) is 5.88 Å². The summed E-state index contributed by atoms with van der Waals surface area (Å²) in [6.07, 6.45) is 3.91. The SMILES string of the molecule is CC(C)n1nccc1OC1(C)CCNCC1. The summed E-state index contributed by atoms with van der Waals surface area (Å²) < 4.78 is 8.07. The van der Waals surface area contributed by atoms with Crippen LogP contribution in [0.15, 0.2) is 12.3 Å². The lowest BCUT2D eigenvalue weighted by Crippen LogP contribution is -2.44. The Balaban J connectivity index is 2.10. The van der Waals surface area contributed by atoms with Gasteiger partial charge < -0.3 is 10.1 Å². The van der Waals surface area contributed by atoms with Crippen molar-refractivity contribution in [3.05, 3.63) is 12.3 Å². The molecule has 1 aromatic heterocycles. The minimum atomic E-state index is -0.0437. The van der Waals surface area contributed by atoms with Crippen LogP contribution < -0.4 is 10.1 Å². The molecule has 2 rings (SSSR count). The third-order valence-electron chi connectivity index (χ3n) is 3.14. The largest absolute Gasteiger partial charge is 0.471 e. The number of hydrogen-bond donors (Lipinski definition) is 1. The molecular formula is C12H21N3O. The van der Waals surface area contributed by atoms with E-state index in [1.165, 1.54) is 0 Å². The number of piperidine rings is 1. The molecule has 4 nitrogen and oxygen atoms in total. The van der Waals surface area contributed by atoms with Crippen LogP contribution in [0, 0.1) is 0 Å². The van der Waals surface area contributed by atoms with Crippen molar-refractivity contribution in [2.45, 2.75) is 45.3 Å². The highest BCUT2D eigenvalue weighted by molar-refractivity contribution is 5.10. The van der Waals surface area contributed by atoms with Crippen molar-refractivity contribution in [1.29, 1.82) is 0 Å². The first-order chi connectivity index (χ1) is 7.61. The average molecular weight is 223 g/mol. The monoisotopic (exact) mass is 223 g/mol. The Morgan fingerprint density at radius 1 is 1.44 bits per heavy atom. The smallest absolute Gasteiger partial charge is 0.212 e. The zero-order valence-electron chi connectivity index (χ0n) is 10.4. The van der Waals surface area contributed by atoms with E-state index in [1.807, 2.05) is 10.7 Å². The zero-order valence-corrected chi connectivity index (χ0v) is 10.4. The van der Waals surface area contributed by atoms with Gasteiger partial charge in [0.05, 0.1) is 12.2 Å². The van der Waals surface area contributed by atoms with Gasteiger partial charge in [-0.3, -0.25) is 0 Å². The Morgan fingerprint density at radius 2 is 2.12 bits per heavy atom. The van der Waals surface area contributed by atoms with Crippen LogP contribution in [0.5, 0.6) is 5.88 Å². The average Bonchev–Trinajstić information content (AvgIpc) is 2.66. The van der Waals surface area contributed by atoms with Gasteiger partial charge >= 0.3 is 0 Å². The molecule has 0 aliphatic carbocycles. The molecule has 4 heteroatoms. The van der Waals surface area contributed by atoms with E-state index < -0.39 is 0 Å². The van der Waals surface area contributed by atoms with E-state index in [-0.39, 0.29) is 5.60 Å². The second-order valence-electron chi connectivity index (χ2n) is 5.01. The summed E-state index contributed by atoms with van der Waals surface area (Å²) in [6, 6.07) is 2.29. The van der Waals surface area contributed by atoms with Crippen molar-refractivity contribution in [2.75, 3.05) is 13.1 Å². The minimum Gasteiger partial charge on any atom is -0.471 e. The number of ether oxygens (including phenoxy) is 1. The standard InChI is InChI=1S/C12H21N3O/c1-10(2)15-11(4-7-14-15)16-12(3)5-8-13-9-6-12/h4,7,10,13H,5-6,8-9H2,1-3H3. The molecule has 1 fully saturated rings. The molecule has 1 aliphatic rings. The Kier molecular flexibility index (Phi) is 3.19. The maximum Gasteiger partial charge on any atom is 0.212 e. The first kappa shape index (κ1) is 11.5. The normalized spacial score (nSPS) is 20.0. The number of aromatic nitrogens is 2. The molecule has 0 unspecified atom stereocenters. The van der Waals surface area contributed by atoms with Crippen LogP contribution in [0.1, 0.15) is 39.7 Å². The van der Waals surface area contributed by atoms with Crippen LogP contribution in [0.4, 0.5) is 0 Å². The Hall–Kier alpha value is -1.03. The molecule has 0 atom stereocenters. The molecule has 1 N–H and O–H groups in total. The van der Waals surface area contributed by atoms with Crippen LogP contribution in [0.3, 0.4) is 0 Å². The Bertz CT molecular complexity index is 340. The Morgan fingerprint density at radius 3 is 2.75 bits per heavy atom. The van der Waals surface area contributed by atoms with E-state index in [1.54, 1.807) is 6.20 Å². The third kappa shape index (κ3) is 2.38. The van der Waals surface area contributed by atoms with Gasteiger partial charge in [0.25, 0.3) is 0 Å². The van der Waals surface area contributed by atoms with E-state index in [2.05, 4.69) is 31.2 Å². The molecule has 90 valence electrons. The lowest BCUT2D eigenvalue weighted by atomic mass is 9.95. The topological polar surface area (TPSA) is 39.1 Å². The van der Waals surface area contributed by atoms with Crippen molar-refractivity contribution >= 4 is 0 Å². The predicted molar refractivity (Wildman–Crippen MR) is 63.7 cm³/mol. The molecule has 0 aromatic carbocycles. The summed E-state index contributed by atoms with van der Waals surface area (Å²) in [6.45, 7) is 8.49. The summed E-state index contributed by atoms with van der Waals surface area (Å²) in [4.78, 5) is 0. The van der Waals surface area contributed by atoms with Gasteiger partial charge in [-0.15, -0.1) is 0 Å². The van der Waals surface area contributed by atoms with Gasteiger partial charge in [-0.05, 0) is 46.7 Å². The highest BCUT2D eigenvalue weighted by atomic mass is 16.5. The molecule has 2 heterocycles. The van der Waals surface area contributed by atoms with E-state index in [9.17, 15) is 0 Å². The molecule has 0 amide bonds. The van der Waals surface area contributed by atoms with E-state index >= 15 is 0 Å². The maximum absolute atomic E-state index is 6.14. The summed E-state index contributed by atoms with van der Waals surface area (Å²) in [5.41, 5.74) is -0.0437. The first-order valence-corrected chi connectivity index (χ1v) is 6.04. The van der Waals surface area contributed by atoms with Crippen molar-refractivity contribution < 1.29 is 4.74 Å². The number of hydrogen-bond acceptors (Lipinski definition) is 3. The second-order valence-corrected chi connectivity index (χ2v) is 5.01. The lowest BCUT2D eigenvalue weighted by molar-refractivity contribution is 0.0442. The van der Waals surface area contributed by atoms with Gasteiger partial charge in [0.1, 0.15) is 5.60 Å². The fourth-order valence-electron chi connectivity index (χ4n) is 2.08. The quantitative estimate of drug-likeness (QED) is 0.851. The number of nitrogens with one attached hydrogen (secondary N) is 1. The minimum absolute atomic E-state index is 0.0437. The van der Waals surface area contributed by atoms with E-state index in [0.29, 0.717) is 6.04 Å². The third-order valence-corrected chi connectivity index (χ3v) is 3.14. The molecule has 0 spiro atoms. The molecule has 0 bridgehead atoms. The fraction of sp³-hybridized carbons (Fsp3) is 0.750. The molecular weight excluding hydrogens is 202 g/mol. The molecule has 16 heavy (non-hydrogen) atoms. The molecule has 1 aromatic rings. The van der Waals surface area contributed by atoms with Gasteiger partial charge in [-0.1, -0.05) is 0 Å². The lowest BCUT2D eigenvalue weighted by Gasteiger charge is -2.34. The maximum atomic E-state index is 6.14. The van der Waals surface area contributed by atoms with Gasteiger partial charge in [-0.25, -0.2) is 4.68 Å². The van der Waals surface area contributed by atoms with E-state index in [0.717, 1.165) is 31.8 Å². The highest BCUT2D eigenvalue weighted by Gasteiger charge is 2.29. The summed E-state index contributed by atoms with van der Waals surface area (Å²) in [7, 11) is 0. The van der Waals surface area contributed by atoms with Gasteiger partial charge in [0.15, 0.2) is 0 Å². The van der Waals surface area contributed by atoms with Crippen LogP contribution in [-0.2, 0) is 0 Å². The predicted octanol–water partition coefficient (Wildman–Crippen LogP) is 1.98. The molecule has 1 aliphatic heterocycles.